The zero-order valence-electron chi connectivity index (χ0n) is 10.6. The van der Waals surface area contributed by atoms with Gasteiger partial charge < -0.3 is 9.90 Å². The van der Waals surface area contributed by atoms with Gasteiger partial charge in [0.15, 0.2) is 0 Å². The van der Waals surface area contributed by atoms with E-state index in [9.17, 15) is 9.90 Å². The molecule has 0 aromatic carbocycles. The Bertz CT molecular complexity index is 405. The van der Waals surface area contributed by atoms with Gasteiger partial charge in [0.05, 0.1) is 0 Å². The fourth-order valence-electron chi connectivity index (χ4n) is 5.60. The molecule has 0 saturated heterocycles. The molecule has 17 heavy (non-hydrogen) atoms. The van der Waals surface area contributed by atoms with Crippen molar-refractivity contribution in [3.63, 3.8) is 0 Å². The van der Waals surface area contributed by atoms with E-state index in [0.29, 0.717) is 23.7 Å². The van der Waals surface area contributed by atoms with Gasteiger partial charge in [0.2, 0.25) is 0 Å². The molecule has 0 radical (unpaired) electrons. The molecular formula is C14H17LiO2. The summed E-state index contributed by atoms with van der Waals surface area (Å²) < 4.78 is 0. The number of aliphatic carboxylic acids is 1. The Morgan fingerprint density at radius 3 is 2.53 bits per heavy atom. The number of hydrogen-bond donors (Lipinski definition) is 0. The van der Waals surface area contributed by atoms with Crippen molar-refractivity contribution in [2.45, 2.75) is 26.2 Å². The van der Waals surface area contributed by atoms with E-state index in [4.69, 9.17) is 0 Å². The summed E-state index contributed by atoms with van der Waals surface area (Å²) >= 11 is 0. The van der Waals surface area contributed by atoms with Gasteiger partial charge in [0.1, 0.15) is 0 Å². The summed E-state index contributed by atoms with van der Waals surface area (Å²) in [5.74, 6) is 3.19. The standard InChI is InChI=1S/C14H18O2.Li/c1-14(13(15)16)6-9-5-10(14)12-8-3-2-7(4-8)11(9)12;/h2-3,7-12H,4-6H2,1H3,(H,15,16);/q;+1/p-1. The van der Waals surface area contributed by atoms with Crippen molar-refractivity contribution in [3.8, 4) is 0 Å². The first-order chi connectivity index (χ1) is 7.61. The first-order valence-electron chi connectivity index (χ1n) is 6.51. The monoisotopic (exact) mass is 224 g/mol. The minimum atomic E-state index is -0.801. The van der Waals surface area contributed by atoms with Gasteiger partial charge in [-0.05, 0) is 54.8 Å². The van der Waals surface area contributed by atoms with Crippen molar-refractivity contribution < 1.29 is 28.8 Å². The van der Waals surface area contributed by atoms with Gasteiger partial charge in [0, 0.05) is 11.4 Å². The molecule has 4 bridgehead atoms. The molecular weight excluding hydrogens is 207 g/mol. The molecule has 3 saturated carbocycles. The van der Waals surface area contributed by atoms with Crippen LogP contribution in [0.4, 0.5) is 0 Å². The number of hydrogen-bond acceptors (Lipinski definition) is 2. The zero-order valence-corrected chi connectivity index (χ0v) is 10.6. The number of carbonyl (C=O) groups excluding carboxylic acids is 1. The molecule has 86 valence electrons. The predicted octanol–water partition coefficient (Wildman–Crippen LogP) is -1.78. The summed E-state index contributed by atoms with van der Waals surface area (Å²) in [6, 6.07) is 0. The smallest absolute Gasteiger partial charge is 0.550 e. The number of allylic oxidation sites excluding steroid dienone is 2. The second kappa shape index (κ2) is 3.43. The third-order valence-electron chi connectivity index (χ3n) is 6.12. The fourth-order valence-corrected chi connectivity index (χ4v) is 5.60. The summed E-state index contributed by atoms with van der Waals surface area (Å²) in [6.45, 7) is 1.93. The largest absolute Gasteiger partial charge is 1.00 e. The topological polar surface area (TPSA) is 40.1 Å². The molecule has 3 fully saturated rings. The first-order valence-corrected chi connectivity index (χ1v) is 6.51. The molecule has 0 N–H and O–H groups in total. The Morgan fingerprint density at radius 2 is 1.88 bits per heavy atom. The molecule has 0 amide bonds. The number of carboxylic acids is 1. The second-order valence-electron chi connectivity index (χ2n) is 6.61. The summed E-state index contributed by atoms with van der Waals surface area (Å²) in [5, 5.41) is 11.4. The van der Waals surface area contributed by atoms with Crippen LogP contribution < -0.4 is 24.0 Å². The van der Waals surface area contributed by atoms with Gasteiger partial charge in [-0.15, -0.1) is 0 Å². The van der Waals surface area contributed by atoms with Crippen LogP contribution in [-0.2, 0) is 4.79 Å². The van der Waals surface area contributed by atoms with Crippen LogP contribution in [0.1, 0.15) is 26.2 Å². The zero-order chi connectivity index (χ0) is 11.1. The molecule has 0 spiro atoms. The molecule has 4 aliphatic carbocycles. The Labute approximate surface area is 114 Å². The van der Waals surface area contributed by atoms with Crippen molar-refractivity contribution in [1.82, 2.24) is 0 Å². The number of carboxylic acid groups (broad SMARTS) is 1. The van der Waals surface area contributed by atoms with Crippen LogP contribution in [0.5, 0.6) is 0 Å². The van der Waals surface area contributed by atoms with Crippen molar-refractivity contribution in [1.29, 1.82) is 0 Å². The van der Waals surface area contributed by atoms with E-state index in [0.717, 1.165) is 24.7 Å². The van der Waals surface area contributed by atoms with Crippen LogP contribution in [0.3, 0.4) is 0 Å². The van der Waals surface area contributed by atoms with Gasteiger partial charge in [0.25, 0.3) is 0 Å². The minimum absolute atomic E-state index is 0. The number of rotatable bonds is 1. The minimum Gasteiger partial charge on any atom is -0.550 e. The van der Waals surface area contributed by atoms with Crippen LogP contribution >= 0.6 is 0 Å². The second-order valence-corrected chi connectivity index (χ2v) is 6.61. The van der Waals surface area contributed by atoms with Crippen molar-refractivity contribution in [3.05, 3.63) is 12.2 Å². The molecule has 2 nitrogen and oxygen atoms in total. The summed E-state index contributed by atoms with van der Waals surface area (Å²) in [5.41, 5.74) is -0.524. The normalized spacial score (nSPS) is 57.0. The van der Waals surface area contributed by atoms with Gasteiger partial charge in [-0.25, -0.2) is 0 Å². The Balaban J connectivity index is 0.000000902. The summed E-state index contributed by atoms with van der Waals surface area (Å²) in [7, 11) is 0. The maximum atomic E-state index is 11.4. The van der Waals surface area contributed by atoms with Crippen molar-refractivity contribution in [2.24, 2.45) is 40.9 Å². The molecule has 7 unspecified atom stereocenters. The van der Waals surface area contributed by atoms with E-state index in [1.165, 1.54) is 6.42 Å². The van der Waals surface area contributed by atoms with Crippen LogP contribution in [0.2, 0.25) is 0 Å². The first kappa shape index (κ1) is 11.9. The van der Waals surface area contributed by atoms with Crippen molar-refractivity contribution in [2.75, 3.05) is 0 Å². The van der Waals surface area contributed by atoms with Crippen LogP contribution in [0, 0.1) is 40.9 Å². The molecule has 7 atom stereocenters. The maximum Gasteiger partial charge on any atom is 1.00 e. The van der Waals surface area contributed by atoms with Crippen LogP contribution in [-0.4, -0.2) is 5.97 Å². The third kappa shape index (κ3) is 1.21. The third-order valence-corrected chi connectivity index (χ3v) is 6.12. The van der Waals surface area contributed by atoms with E-state index in [-0.39, 0.29) is 18.9 Å². The van der Waals surface area contributed by atoms with Gasteiger partial charge in [-0.1, -0.05) is 19.1 Å². The maximum absolute atomic E-state index is 11.4. The average molecular weight is 224 g/mol. The van der Waals surface area contributed by atoms with Gasteiger partial charge in [-0.3, -0.25) is 0 Å². The quantitative estimate of drug-likeness (QED) is 0.300. The number of carbonyl (C=O) groups is 1. The molecule has 0 aliphatic heterocycles. The van der Waals surface area contributed by atoms with Crippen molar-refractivity contribution >= 4 is 5.97 Å². The predicted molar refractivity (Wildman–Crippen MR) is 57.0 cm³/mol. The Hall–Kier alpha value is -0.193. The van der Waals surface area contributed by atoms with E-state index in [1.807, 2.05) is 6.92 Å². The molecule has 3 heteroatoms. The summed E-state index contributed by atoms with van der Waals surface area (Å²) in [4.78, 5) is 11.4. The van der Waals surface area contributed by atoms with E-state index in [2.05, 4.69) is 12.2 Å². The fraction of sp³-hybridized carbons (Fsp3) is 0.786. The molecule has 4 rings (SSSR count). The Kier molecular flexibility index (Phi) is 2.39. The summed E-state index contributed by atoms with van der Waals surface area (Å²) in [6.07, 6.45) is 8.06. The van der Waals surface area contributed by atoms with Gasteiger partial charge in [-0.2, -0.15) is 0 Å². The van der Waals surface area contributed by atoms with E-state index in [1.54, 1.807) is 0 Å². The molecule has 0 heterocycles. The van der Waals surface area contributed by atoms with Crippen LogP contribution in [0.25, 0.3) is 0 Å². The average Bonchev–Trinajstić information content (AvgIpc) is 2.92. The Morgan fingerprint density at radius 1 is 1.24 bits per heavy atom. The van der Waals surface area contributed by atoms with E-state index < -0.39 is 11.4 Å². The molecule has 0 aromatic rings. The van der Waals surface area contributed by atoms with Gasteiger partial charge >= 0.3 is 18.9 Å². The molecule has 4 aliphatic rings. The number of fused-ring (bicyclic) bond motifs is 9. The van der Waals surface area contributed by atoms with Crippen LogP contribution in [0.15, 0.2) is 12.2 Å². The SMILES string of the molecule is CC1(C(=O)[O-])CC2CC1C1C3C=CC(C3)C21.[Li+]. The van der Waals surface area contributed by atoms with E-state index >= 15 is 0 Å². The molecule has 0 aromatic heterocycles.